The van der Waals surface area contributed by atoms with E-state index in [1.165, 1.54) is 12.7 Å². The lowest BCUT2D eigenvalue weighted by Crippen LogP contribution is -2.48. The lowest BCUT2D eigenvalue weighted by atomic mass is 9.51. The van der Waals surface area contributed by atoms with E-state index in [9.17, 15) is 9.90 Å². The Morgan fingerprint density at radius 3 is 2.64 bits per heavy atom. The number of epoxide rings is 1. The molecular formula is C21H34O4. The summed E-state index contributed by atoms with van der Waals surface area (Å²) in [5.74, 6) is 0.819. The zero-order valence-electron chi connectivity index (χ0n) is 16.4. The maximum atomic E-state index is 12.5. The quantitative estimate of drug-likeness (QED) is 0.464. The number of hydrogen-bond acceptors (Lipinski definition) is 4. The van der Waals surface area contributed by atoms with Gasteiger partial charge in [0.25, 0.3) is 0 Å². The number of ether oxygens (including phenoxy) is 2. The molecule has 1 heterocycles. The summed E-state index contributed by atoms with van der Waals surface area (Å²) in [6.07, 6.45) is 8.45. The van der Waals surface area contributed by atoms with Crippen LogP contribution in [0.1, 0.15) is 66.2 Å². The smallest absolute Gasteiger partial charge is 0.312 e. The van der Waals surface area contributed by atoms with Crippen LogP contribution < -0.4 is 0 Å². The van der Waals surface area contributed by atoms with Crippen LogP contribution in [0.2, 0.25) is 0 Å². The first-order valence-corrected chi connectivity index (χ1v) is 9.79. The van der Waals surface area contributed by atoms with Crippen molar-refractivity contribution in [2.24, 2.45) is 22.7 Å². The summed E-state index contributed by atoms with van der Waals surface area (Å²) in [5.41, 5.74) is 0.988. The first-order valence-electron chi connectivity index (χ1n) is 9.79. The fourth-order valence-electron chi connectivity index (χ4n) is 5.43. The molecule has 1 N–H and O–H groups in total. The second-order valence-electron chi connectivity index (χ2n) is 9.16. The predicted molar refractivity (Wildman–Crippen MR) is 97.0 cm³/mol. The third-order valence-corrected chi connectivity index (χ3v) is 7.80. The maximum absolute atomic E-state index is 12.5. The van der Waals surface area contributed by atoms with Gasteiger partial charge < -0.3 is 14.6 Å². The van der Waals surface area contributed by atoms with Crippen LogP contribution in [0.5, 0.6) is 0 Å². The maximum Gasteiger partial charge on any atom is 0.312 e. The summed E-state index contributed by atoms with van der Waals surface area (Å²) in [6, 6.07) is 0. The number of hydrogen-bond donors (Lipinski definition) is 1. The van der Waals surface area contributed by atoms with E-state index in [0.29, 0.717) is 5.92 Å². The van der Waals surface area contributed by atoms with Crippen LogP contribution in [0, 0.1) is 22.7 Å². The monoisotopic (exact) mass is 350 g/mol. The number of carbonyl (C=O) groups is 1. The number of methoxy groups -OCH3 is 1. The van der Waals surface area contributed by atoms with Crippen LogP contribution in [0.25, 0.3) is 0 Å². The van der Waals surface area contributed by atoms with Gasteiger partial charge in [0.2, 0.25) is 0 Å². The van der Waals surface area contributed by atoms with Crippen molar-refractivity contribution < 1.29 is 19.4 Å². The molecule has 0 radical (unpaired) electrons. The average Bonchev–Trinajstić information content (AvgIpc) is 3.27. The van der Waals surface area contributed by atoms with E-state index in [2.05, 4.69) is 33.8 Å². The van der Waals surface area contributed by atoms with Crippen molar-refractivity contribution in [1.29, 1.82) is 0 Å². The molecule has 6 unspecified atom stereocenters. The van der Waals surface area contributed by atoms with Crippen molar-refractivity contribution >= 4 is 5.97 Å². The summed E-state index contributed by atoms with van der Waals surface area (Å²) in [6.45, 7) is 9.03. The van der Waals surface area contributed by atoms with Gasteiger partial charge >= 0.3 is 5.97 Å². The van der Waals surface area contributed by atoms with Crippen LogP contribution in [0.3, 0.4) is 0 Å². The van der Waals surface area contributed by atoms with E-state index in [-0.39, 0.29) is 35.6 Å². The number of fused-ring (bicyclic) bond motifs is 1. The van der Waals surface area contributed by atoms with Crippen molar-refractivity contribution in [2.75, 3.05) is 13.7 Å². The van der Waals surface area contributed by atoms with Gasteiger partial charge in [-0.2, -0.15) is 0 Å². The number of rotatable bonds is 5. The van der Waals surface area contributed by atoms with Gasteiger partial charge in [-0.15, -0.1) is 0 Å². The highest BCUT2D eigenvalue weighted by molar-refractivity contribution is 5.77. The van der Waals surface area contributed by atoms with Gasteiger partial charge in [-0.3, -0.25) is 4.79 Å². The van der Waals surface area contributed by atoms with Crippen molar-refractivity contribution in [3.8, 4) is 0 Å². The van der Waals surface area contributed by atoms with Crippen molar-refractivity contribution in [3.05, 3.63) is 11.6 Å². The second kappa shape index (κ2) is 6.38. The van der Waals surface area contributed by atoms with Gasteiger partial charge in [0, 0.05) is 0 Å². The van der Waals surface area contributed by atoms with E-state index >= 15 is 0 Å². The largest absolute Gasteiger partial charge is 0.469 e. The highest BCUT2D eigenvalue weighted by Crippen LogP contribution is 2.59. The molecule has 1 aliphatic heterocycles. The fourth-order valence-corrected chi connectivity index (χ4v) is 5.43. The molecule has 0 bridgehead atoms. The molecule has 0 aromatic heterocycles. The number of esters is 1. The van der Waals surface area contributed by atoms with Gasteiger partial charge in [0.1, 0.15) is 6.10 Å². The molecule has 25 heavy (non-hydrogen) atoms. The lowest BCUT2D eigenvalue weighted by Gasteiger charge is -2.53. The van der Waals surface area contributed by atoms with E-state index in [0.717, 1.165) is 38.5 Å². The van der Waals surface area contributed by atoms with E-state index in [1.807, 2.05) is 0 Å². The molecule has 0 aromatic rings. The minimum absolute atomic E-state index is 0.00790. The molecule has 3 rings (SSSR count). The van der Waals surface area contributed by atoms with E-state index in [1.54, 1.807) is 0 Å². The first-order chi connectivity index (χ1) is 11.7. The Balaban J connectivity index is 1.83. The lowest BCUT2D eigenvalue weighted by molar-refractivity contribution is -0.156. The van der Waals surface area contributed by atoms with Crippen molar-refractivity contribution in [3.63, 3.8) is 0 Å². The Morgan fingerprint density at radius 1 is 1.32 bits per heavy atom. The molecule has 142 valence electrons. The highest BCUT2D eigenvalue weighted by Gasteiger charge is 2.56. The number of allylic oxidation sites excluding steroid dienone is 2. The molecule has 2 fully saturated rings. The summed E-state index contributed by atoms with van der Waals surface area (Å²) in [5, 5.41) is 9.35. The number of carbonyl (C=O) groups excluding carboxylic acids is 1. The Labute approximate surface area is 152 Å². The van der Waals surface area contributed by atoms with Gasteiger partial charge in [0.05, 0.1) is 24.7 Å². The molecule has 0 amide bonds. The molecule has 4 heteroatoms. The zero-order valence-corrected chi connectivity index (χ0v) is 16.4. The van der Waals surface area contributed by atoms with Crippen LogP contribution >= 0.6 is 0 Å². The summed E-state index contributed by atoms with van der Waals surface area (Å²) in [7, 11) is 1.51. The predicted octanol–water partition coefficient (Wildman–Crippen LogP) is 3.87. The molecule has 4 nitrogen and oxygen atoms in total. The highest BCUT2D eigenvalue weighted by atomic mass is 16.6. The standard InChI is InChI=1S/C21H34O4/c1-14-8-9-16-15(7-6-10-20(16,3)18(23)24-5)19(14,2)11-12-21(4)17(13-22)25-21/h7,14,16-17,22H,6,8-13H2,1-5H3. The average molecular weight is 350 g/mol. The Bertz CT molecular complexity index is 570. The number of aliphatic hydroxyl groups is 1. The summed E-state index contributed by atoms with van der Waals surface area (Å²) >= 11 is 0. The third-order valence-electron chi connectivity index (χ3n) is 7.80. The molecule has 1 saturated carbocycles. The molecule has 0 spiro atoms. The van der Waals surface area contributed by atoms with Gasteiger partial charge in [0.15, 0.2) is 0 Å². The van der Waals surface area contributed by atoms with Crippen LogP contribution in [-0.4, -0.2) is 36.5 Å². The van der Waals surface area contributed by atoms with Crippen LogP contribution in [0.15, 0.2) is 11.6 Å². The Morgan fingerprint density at radius 2 is 2.04 bits per heavy atom. The summed E-state index contributed by atoms with van der Waals surface area (Å²) in [4.78, 5) is 12.5. The van der Waals surface area contributed by atoms with Crippen molar-refractivity contribution in [2.45, 2.75) is 77.9 Å². The Hall–Kier alpha value is -0.870. The zero-order chi connectivity index (χ0) is 18.5. The minimum Gasteiger partial charge on any atom is -0.469 e. The third kappa shape index (κ3) is 2.95. The van der Waals surface area contributed by atoms with Gasteiger partial charge in [-0.1, -0.05) is 25.5 Å². The topological polar surface area (TPSA) is 59.1 Å². The molecule has 1 saturated heterocycles. The first kappa shape index (κ1) is 18.9. The molecular weight excluding hydrogens is 316 g/mol. The molecule has 0 aromatic carbocycles. The molecule has 3 aliphatic rings. The van der Waals surface area contributed by atoms with Crippen molar-refractivity contribution in [1.82, 2.24) is 0 Å². The van der Waals surface area contributed by atoms with Crippen LogP contribution in [0.4, 0.5) is 0 Å². The Kier molecular flexibility index (Phi) is 4.83. The van der Waals surface area contributed by atoms with Gasteiger partial charge in [-0.05, 0) is 69.6 Å². The number of aliphatic hydroxyl groups excluding tert-OH is 1. The molecule has 2 aliphatic carbocycles. The second-order valence-corrected chi connectivity index (χ2v) is 9.16. The van der Waals surface area contributed by atoms with E-state index < -0.39 is 5.41 Å². The van der Waals surface area contributed by atoms with Gasteiger partial charge in [-0.25, -0.2) is 0 Å². The summed E-state index contributed by atoms with van der Waals surface area (Å²) < 4.78 is 10.9. The molecule has 6 atom stereocenters. The normalized spacial score (nSPS) is 46.2. The van der Waals surface area contributed by atoms with Crippen LogP contribution in [-0.2, 0) is 14.3 Å². The SMILES string of the molecule is COC(=O)C1(C)CCC=C2C1CCC(C)C2(C)CCC1(C)OC1CO. The van der Waals surface area contributed by atoms with E-state index in [4.69, 9.17) is 9.47 Å². The fraction of sp³-hybridized carbons (Fsp3) is 0.857. The minimum atomic E-state index is -0.395.